The van der Waals surface area contributed by atoms with Crippen LogP contribution in [0.5, 0.6) is 0 Å². The monoisotopic (exact) mass is 496 g/mol. The van der Waals surface area contributed by atoms with E-state index in [-0.39, 0.29) is 5.92 Å². The summed E-state index contributed by atoms with van der Waals surface area (Å²) in [6.45, 7) is 2.68. The highest BCUT2D eigenvalue weighted by atomic mass is 32.2. The molecule has 2 fully saturated rings. The summed E-state index contributed by atoms with van der Waals surface area (Å²) in [6.07, 6.45) is 11.6. The number of H-pyrrole nitrogens is 1. The summed E-state index contributed by atoms with van der Waals surface area (Å²) in [4.78, 5) is 21.0. The molecule has 1 N–H and O–H groups in total. The molecule has 0 amide bonds. The Morgan fingerprint density at radius 3 is 2.83 bits per heavy atom. The van der Waals surface area contributed by atoms with Gasteiger partial charge in [0.05, 0.1) is 18.6 Å². The van der Waals surface area contributed by atoms with Crippen LogP contribution in [0, 0.1) is 11.8 Å². The van der Waals surface area contributed by atoms with Crippen molar-refractivity contribution in [1.29, 1.82) is 0 Å². The molecular formula is C25H32N6O3S. The number of pyridine rings is 1. The third kappa shape index (κ3) is 5.39. The summed E-state index contributed by atoms with van der Waals surface area (Å²) in [5.41, 5.74) is 1.89. The average molecular weight is 497 g/mol. The molecule has 0 bridgehead atoms. The first-order valence-electron chi connectivity index (χ1n) is 12.3. The lowest BCUT2D eigenvalue weighted by atomic mass is 9.85. The Kier molecular flexibility index (Phi) is 7.40. The number of likely N-dealkylation sites (tertiary alicyclic amines) is 1. The largest absolute Gasteiger partial charge is 0.376 e. The first-order valence-corrected chi connectivity index (χ1v) is 13.4. The molecule has 1 aliphatic heterocycles. The molecule has 1 saturated carbocycles. The first-order chi connectivity index (χ1) is 17.1. The minimum absolute atomic E-state index is 0.0747. The number of rotatable bonds is 7. The molecule has 4 heterocycles. The molecule has 1 aliphatic carbocycles. The summed E-state index contributed by atoms with van der Waals surface area (Å²) in [7, 11) is -0.131. The van der Waals surface area contributed by atoms with Crippen molar-refractivity contribution >= 4 is 32.1 Å². The summed E-state index contributed by atoms with van der Waals surface area (Å²) in [5.74, 6) is 1.34. The van der Waals surface area contributed by atoms with Gasteiger partial charge in [-0.05, 0) is 55.7 Å². The maximum Gasteiger partial charge on any atom is 0.228 e. The van der Waals surface area contributed by atoms with Crippen LogP contribution < -0.4 is 4.90 Å². The Morgan fingerprint density at radius 2 is 2.06 bits per heavy atom. The molecular weight excluding hydrogens is 464 g/mol. The van der Waals surface area contributed by atoms with Gasteiger partial charge in [-0.15, -0.1) is 0 Å². The van der Waals surface area contributed by atoms with Gasteiger partial charge in [0.1, 0.15) is 22.8 Å². The molecule has 1 unspecified atom stereocenters. The summed E-state index contributed by atoms with van der Waals surface area (Å²) < 4.78 is 30.5. The molecule has 9 nitrogen and oxygen atoms in total. The second-order valence-corrected chi connectivity index (χ2v) is 10.5. The Labute approximate surface area is 207 Å². The molecule has 1 atom stereocenters. The number of fused-ring (bicyclic) bond motifs is 1. The molecule has 3 aromatic heterocycles. The lowest BCUT2D eigenvalue weighted by Crippen LogP contribution is -2.41. The van der Waals surface area contributed by atoms with Crippen LogP contribution in [0.3, 0.4) is 0 Å². The van der Waals surface area contributed by atoms with Crippen molar-refractivity contribution < 1.29 is 13.2 Å². The maximum atomic E-state index is 12.3. The number of aromatic nitrogens is 4. The highest BCUT2D eigenvalue weighted by Crippen LogP contribution is 2.33. The number of nitrogens with zero attached hydrogens (tertiary/aromatic N) is 5. The molecule has 3 aromatic rings. The van der Waals surface area contributed by atoms with E-state index in [0.29, 0.717) is 30.2 Å². The minimum Gasteiger partial charge on any atom is -0.376 e. The first kappa shape index (κ1) is 23.9. The van der Waals surface area contributed by atoms with Crippen LogP contribution in [0.15, 0.2) is 43.1 Å². The van der Waals surface area contributed by atoms with Crippen molar-refractivity contribution in [1.82, 2.24) is 24.8 Å². The van der Waals surface area contributed by atoms with Crippen molar-refractivity contribution in [3.8, 4) is 0 Å². The van der Waals surface area contributed by atoms with Gasteiger partial charge in [-0.2, -0.15) is 8.42 Å². The van der Waals surface area contributed by atoms with E-state index in [1.54, 1.807) is 12.5 Å². The Bertz CT molecular complexity index is 1260. The van der Waals surface area contributed by atoms with Gasteiger partial charge in [0, 0.05) is 50.7 Å². The van der Waals surface area contributed by atoms with Crippen LogP contribution in [0.1, 0.15) is 37.7 Å². The van der Waals surface area contributed by atoms with E-state index in [1.807, 2.05) is 30.6 Å². The Hall–Kier alpha value is -2.82. The van der Waals surface area contributed by atoms with Gasteiger partial charge in [0.15, 0.2) is 0 Å². The number of hydrogen-bond acceptors (Lipinski definition) is 7. The molecule has 10 heteroatoms. The second-order valence-electron chi connectivity index (χ2n) is 9.60. The van der Waals surface area contributed by atoms with E-state index in [2.05, 4.69) is 36.8 Å². The molecule has 2 aliphatic rings. The predicted octanol–water partition coefficient (Wildman–Crippen LogP) is 2.90. The smallest absolute Gasteiger partial charge is 0.228 e. The highest BCUT2D eigenvalue weighted by Gasteiger charge is 2.34. The van der Waals surface area contributed by atoms with Crippen molar-refractivity contribution in [2.24, 2.45) is 11.8 Å². The molecule has 186 valence electrons. The molecule has 5 rings (SSSR count). The van der Waals surface area contributed by atoms with Crippen LogP contribution in [0.25, 0.3) is 11.0 Å². The topological polar surface area (TPSA) is 104 Å². The number of anilines is 1. The molecule has 0 aromatic carbocycles. The number of ether oxygens (including phenoxy) is 1. The van der Waals surface area contributed by atoms with Crippen LogP contribution in [-0.2, 0) is 21.6 Å². The quantitative estimate of drug-likeness (QED) is 0.498. The van der Waals surface area contributed by atoms with Gasteiger partial charge in [0.25, 0.3) is 0 Å². The van der Waals surface area contributed by atoms with E-state index in [4.69, 9.17) is 4.74 Å². The fourth-order valence-corrected chi connectivity index (χ4v) is 6.40. The molecule has 1 saturated heterocycles. The van der Waals surface area contributed by atoms with Crippen molar-refractivity contribution in [3.05, 3.63) is 48.7 Å². The summed E-state index contributed by atoms with van der Waals surface area (Å²) in [6, 6.07) is 6.23. The highest BCUT2D eigenvalue weighted by molar-refractivity contribution is 7.72. The van der Waals surface area contributed by atoms with Gasteiger partial charge in [-0.1, -0.05) is 6.07 Å². The maximum absolute atomic E-state index is 12.3. The van der Waals surface area contributed by atoms with Crippen LogP contribution >= 0.6 is 0 Å². The Balaban J connectivity index is 1.16. The second kappa shape index (κ2) is 10.8. The van der Waals surface area contributed by atoms with Crippen molar-refractivity contribution in [2.45, 2.75) is 44.8 Å². The van der Waals surface area contributed by atoms with Crippen LogP contribution in [0.2, 0.25) is 0 Å². The van der Waals surface area contributed by atoms with E-state index >= 15 is 0 Å². The van der Waals surface area contributed by atoms with Crippen LogP contribution in [-0.4, -0.2) is 71.0 Å². The summed E-state index contributed by atoms with van der Waals surface area (Å²) in [5, 5.41) is 1.01. The van der Waals surface area contributed by atoms with Gasteiger partial charge in [-0.25, -0.2) is 9.97 Å². The fraction of sp³-hybridized carbons (Fsp3) is 0.520. The zero-order chi connectivity index (χ0) is 24.2. The normalized spacial score (nSPS) is 22.9. The number of hydrogen-bond donors (Lipinski definition) is 1. The zero-order valence-electron chi connectivity index (χ0n) is 20.0. The Morgan fingerprint density at radius 1 is 1.20 bits per heavy atom. The lowest BCUT2D eigenvalue weighted by molar-refractivity contribution is 0.0905. The number of aromatic amines is 1. The fourth-order valence-electron chi connectivity index (χ4n) is 5.52. The number of nitrogens with one attached hydrogen (secondary N) is 1. The molecule has 0 spiro atoms. The van der Waals surface area contributed by atoms with Crippen molar-refractivity contribution in [2.75, 3.05) is 31.6 Å². The van der Waals surface area contributed by atoms with E-state index in [0.717, 1.165) is 67.6 Å². The van der Waals surface area contributed by atoms with Gasteiger partial charge >= 0.3 is 0 Å². The van der Waals surface area contributed by atoms with Gasteiger partial charge in [-0.3, -0.25) is 9.88 Å². The third-order valence-electron chi connectivity index (χ3n) is 7.37. The van der Waals surface area contributed by atoms with Crippen molar-refractivity contribution in [3.63, 3.8) is 0 Å². The lowest BCUT2D eigenvalue weighted by Gasteiger charge is -2.36. The van der Waals surface area contributed by atoms with Crippen LogP contribution in [0.4, 0.5) is 5.82 Å². The van der Waals surface area contributed by atoms with E-state index in [1.165, 1.54) is 0 Å². The molecule has 0 radical (unpaired) electrons. The zero-order valence-corrected chi connectivity index (χ0v) is 20.8. The van der Waals surface area contributed by atoms with Gasteiger partial charge < -0.3 is 14.6 Å². The van der Waals surface area contributed by atoms with E-state index < -0.39 is 10.3 Å². The SMILES string of the molecule is CN(c1ncnc2[nH]ccc12)C1CCC(C(N2CCC(COCc3cccnc3)C2)=S(=O)=O)CC1. The minimum atomic E-state index is -2.21. The average Bonchev–Trinajstić information content (AvgIpc) is 3.54. The standard InChI is InChI=1S/C25H32N6O3S/c1-30(24-22-8-11-27-23(22)28-17-29-24)21-6-4-20(5-7-21)25(35(32)33)31-12-9-19(14-31)16-34-15-18-3-2-10-26-13-18/h2-3,8,10-11,13,17,19-21H,4-7,9,12,14-16H2,1H3,(H,27,28,29). The van der Waals surface area contributed by atoms with Gasteiger partial charge in [0.2, 0.25) is 10.3 Å². The van der Waals surface area contributed by atoms with E-state index in [9.17, 15) is 8.42 Å². The summed E-state index contributed by atoms with van der Waals surface area (Å²) >= 11 is 0. The predicted molar refractivity (Wildman–Crippen MR) is 136 cm³/mol. The molecule has 35 heavy (non-hydrogen) atoms. The third-order valence-corrected chi connectivity index (χ3v) is 8.31.